The van der Waals surface area contributed by atoms with E-state index in [0.717, 1.165) is 101 Å². The fourth-order valence-corrected chi connectivity index (χ4v) is 7.60. The monoisotopic (exact) mass is 673 g/mol. The lowest BCUT2D eigenvalue weighted by molar-refractivity contribution is 0.175. The van der Waals surface area contributed by atoms with Gasteiger partial charge in [0.25, 0.3) is 0 Å². The number of rotatable bonds is 8. The number of oxazole rings is 1. The highest BCUT2D eigenvalue weighted by Crippen LogP contribution is 2.38. The summed E-state index contributed by atoms with van der Waals surface area (Å²) in [6.07, 6.45) is 11.0. The molecule has 3 aromatic carbocycles. The van der Waals surface area contributed by atoms with Crippen LogP contribution in [0.5, 0.6) is 0 Å². The molecular formula is C42H39N7O2. The number of terminal acetylenes is 1. The molecule has 2 aliphatic rings. The number of nitrogens with zero attached hydrogens (tertiary/aromatic N) is 6. The van der Waals surface area contributed by atoms with E-state index in [4.69, 9.17) is 20.8 Å². The Hall–Kier alpha value is -5.58. The molecule has 0 amide bonds. The quantitative estimate of drug-likeness (QED) is 0.160. The van der Waals surface area contributed by atoms with Crippen molar-refractivity contribution in [3.63, 3.8) is 0 Å². The lowest BCUT2D eigenvalue weighted by Gasteiger charge is -2.17. The molecule has 2 saturated heterocycles. The van der Waals surface area contributed by atoms with Gasteiger partial charge in [-0.1, -0.05) is 24.3 Å². The zero-order chi connectivity index (χ0) is 35.1. The van der Waals surface area contributed by atoms with Crippen LogP contribution in [0, 0.1) is 43.4 Å². The van der Waals surface area contributed by atoms with Crippen LogP contribution < -0.4 is 5.32 Å². The molecule has 9 heteroatoms. The molecular weight excluding hydrogens is 635 g/mol. The maximum atomic E-state index is 10.0. The summed E-state index contributed by atoms with van der Waals surface area (Å²) < 4.78 is 6.32. The van der Waals surface area contributed by atoms with Gasteiger partial charge in [-0.15, -0.1) is 12.3 Å². The number of aromatic nitrogens is 3. The van der Waals surface area contributed by atoms with Crippen LogP contribution in [-0.2, 0) is 13.1 Å². The van der Waals surface area contributed by atoms with Gasteiger partial charge in [0.1, 0.15) is 17.1 Å². The molecule has 2 atom stereocenters. The van der Waals surface area contributed by atoms with E-state index in [0.29, 0.717) is 34.9 Å². The summed E-state index contributed by atoms with van der Waals surface area (Å²) in [6.45, 7) is 9.09. The van der Waals surface area contributed by atoms with Gasteiger partial charge in [0.15, 0.2) is 11.4 Å². The van der Waals surface area contributed by atoms with E-state index in [1.54, 1.807) is 0 Å². The van der Waals surface area contributed by atoms with Gasteiger partial charge < -0.3 is 14.8 Å². The number of fused-ring (bicyclic) bond motifs is 2. The Bertz CT molecular complexity index is 2370. The molecule has 5 heterocycles. The lowest BCUT2D eigenvalue weighted by Crippen LogP contribution is -2.21. The van der Waals surface area contributed by atoms with Crippen LogP contribution in [0.15, 0.2) is 77.5 Å². The van der Waals surface area contributed by atoms with Crippen LogP contribution in [0.25, 0.3) is 44.6 Å². The van der Waals surface area contributed by atoms with Gasteiger partial charge in [-0.05, 0) is 103 Å². The molecule has 6 aromatic rings. The SMILES string of the molecule is C#CC1CCN(Cc2cc(C#N)c3oc(-c4cccc(-c5cccc(Nc6nccc7cc(CN8CC[C@@H](O)C8)cnc67)c5C)c4C)nc3c2)C1. The minimum Gasteiger partial charge on any atom is -0.435 e. The second kappa shape index (κ2) is 13.6. The van der Waals surface area contributed by atoms with Crippen LogP contribution in [0.2, 0.25) is 0 Å². The van der Waals surface area contributed by atoms with Gasteiger partial charge in [-0.3, -0.25) is 14.8 Å². The first-order chi connectivity index (χ1) is 24.9. The van der Waals surface area contributed by atoms with Crippen molar-refractivity contribution < 1.29 is 9.52 Å². The average Bonchev–Trinajstić information content (AvgIpc) is 3.89. The van der Waals surface area contributed by atoms with E-state index < -0.39 is 0 Å². The summed E-state index contributed by atoms with van der Waals surface area (Å²) in [4.78, 5) is 19.0. The number of hydrogen-bond donors (Lipinski definition) is 2. The highest BCUT2D eigenvalue weighted by molar-refractivity contribution is 5.91. The average molecular weight is 674 g/mol. The molecule has 1 unspecified atom stereocenters. The first-order valence-electron chi connectivity index (χ1n) is 17.5. The Labute approximate surface area is 297 Å². The number of aliphatic hydroxyl groups excluding tert-OH is 1. The molecule has 2 fully saturated rings. The summed E-state index contributed by atoms with van der Waals surface area (Å²) in [7, 11) is 0. The standard InChI is InChI=1S/C42H39N7O2/c1-4-28-12-15-48(22-28)23-29-17-32(20-43)40-38(19-29)47-42(51-40)36-9-5-7-34(26(36)2)35-8-6-10-37(27(35)3)46-41-39-31(11-14-44-41)18-30(21-45-39)24-49-16-13-33(50)25-49/h1,5-11,14,17-19,21,28,33,50H,12-13,15-16,22-25H2,2-3H3,(H,44,46)/t28?,33-/m1/s1. The zero-order valence-electron chi connectivity index (χ0n) is 28.9. The third kappa shape index (κ3) is 6.44. The molecule has 3 aromatic heterocycles. The zero-order valence-corrected chi connectivity index (χ0v) is 28.9. The summed E-state index contributed by atoms with van der Waals surface area (Å²) in [6, 6.07) is 22.8. The molecule has 2 aliphatic heterocycles. The van der Waals surface area contributed by atoms with E-state index in [1.807, 2.05) is 48.8 Å². The van der Waals surface area contributed by atoms with E-state index in [2.05, 4.69) is 70.2 Å². The summed E-state index contributed by atoms with van der Waals surface area (Å²) in [5, 5.41) is 24.5. The molecule has 0 saturated carbocycles. The van der Waals surface area contributed by atoms with Gasteiger partial charge >= 0.3 is 0 Å². The summed E-state index contributed by atoms with van der Waals surface area (Å²) in [5.41, 5.74) is 10.7. The number of nitrogens with one attached hydrogen (secondary N) is 1. The molecule has 0 bridgehead atoms. The largest absolute Gasteiger partial charge is 0.435 e. The number of likely N-dealkylation sites (tertiary alicyclic amines) is 2. The molecule has 254 valence electrons. The number of pyridine rings is 2. The number of anilines is 2. The molecule has 2 N–H and O–H groups in total. The predicted molar refractivity (Wildman–Crippen MR) is 200 cm³/mol. The van der Waals surface area contributed by atoms with Crippen molar-refractivity contribution in [2.24, 2.45) is 5.92 Å². The molecule has 8 rings (SSSR count). The first-order valence-corrected chi connectivity index (χ1v) is 17.5. The van der Waals surface area contributed by atoms with Gasteiger partial charge in [-0.2, -0.15) is 5.26 Å². The Kier molecular flexibility index (Phi) is 8.71. The third-order valence-electron chi connectivity index (χ3n) is 10.3. The van der Waals surface area contributed by atoms with Crippen molar-refractivity contribution >= 4 is 33.5 Å². The van der Waals surface area contributed by atoms with Crippen LogP contribution in [0.3, 0.4) is 0 Å². The molecule has 0 aliphatic carbocycles. The van der Waals surface area contributed by atoms with Gasteiger partial charge in [-0.25, -0.2) is 9.97 Å². The number of aliphatic hydroxyl groups is 1. The van der Waals surface area contributed by atoms with E-state index in [1.165, 1.54) is 0 Å². The fourth-order valence-electron chi connectivity index (χ4n) is 7.60. The molecule has 0 radical (unpaired) electrons. The summed E-state index contributed by atoms with van der Waals surface area (Å²) in [5.74, 6) is 4.34. The van der Waals surface area contributed by atoms with Crippen molar-refractivity contribution in [3.05, 3.63) is 101 Å². The number of hydrogen-bond acceptors (Lipinski definition) is 9. The number of β-amino-alcohol motifs (C(OH)–C–C–N with tert-alkyl or cyclic N) is 1. The molecule has 51 heavy (non-hydrogen) atoms. The van der Waals surface area contributed by atoms with E-state index >= 15 is 0 Å². The number of nitriles is 1. The Morgan fingerprint density at radius 3 is 2.47 bits per heavy atom. The van der Waals surface area contributed by atoms with Crippen molar-refractivity contribution in [1.82, 2.24) is 24.8 Å². The predicted octanol–water partition coefficient (Wildman–Crippen LogP) is 7.36. The van der Waals surface area contributed by atoms with Crippen LogP contribution in [0.1, 0.15) is 40.7 Å². The van der Waals surface area contributed by atoms with Gasteiger partial charge in [0.05, 0.1) is 11.7 Å². The van der Waals surface area contributed by atoms with Gasteiger partial charge in [0.2, 0.25) is 5.89 Å². The molecule has 0 spiro atoms. The highest BCUT2D eigenvalue weighted by atomic mass is 16.3. The van der Waals surface area contributed by atoms with Crippen molar-refractivity contribution in [2.45, 2.75) is 45.9 Å². The number of benzene rings is 3. The van der Waals surface area contributed by atoms with Crippen LogP contribution in [0.4, 0.5) is 11.5 Å². The second-order valence-corrected chi connectivity index (χ2v) is 13.8. The van der Waals surface area contributed by atoms with Crippen LogP contribution >= 0.6 is 0 Å². The van der Waals surface area contributed by atoms with Crippen molar-refractivity contribution in [2.75, 3.05) is 31.5 Å². The minimum absolute atomic E-state index is 0.245. The maximum Gasteiger partial charge on any atom is 0.227 e. The normalized spacial score (nSPS) is 18.0. The first kappa shape index (κ1) is 32.6. The van der Waals surface area contributed by atoms with E-state index in [9.17, 15) is 10.4 Å². The third-order valence-corrected chi connectivity index (χ3v) is 10.3. The van der Waals surface area contributed by atoms with Crippen molar-refractivity contribution in [3.8, 4) is 41.0 Å². The smallest absolute Gasteiger partial charge is 0.227 e. The Morgan fingerprint density at radius 1 is 0.922 bits per heavy atom. The Morgan fingerprint density at radius 2 is 1.69 bits per heavy atom. The van der Waals surface area contributed by atoms with Gasteiger partial charge in [0, 0.05) is 67.7 Å². The van der Waals surface area contributed by atoms with Crippen LogP contribution in [-0.4, -0.2) is 62.1 Å². The summed E-state index contributed by atoms with van der Waals surface area (Å²) >= 11 is 0. The second-order valence-electron chi connectivity index (χ2n) is 13.8. The van der Waals surface area contributed by atoms with Crippen molar-refractivity contribution in [1.29, 1.82) is 5.26 Å². The maximum absolute atomic E-state index is 10.0. The fraction of sp³-hybridized carbons (Fsp3) is 0.286. The lowest BCUT2D eigenvalue weighted by atomic mass is 9.93. The minimum atomic E-state index is -0.245. The topological polar surface area (TPSA) is 114 Å². The Balaban J connectivity index is 1.07. The van der Waals surface area contributed by atoms with E-state index in [-0.39, 0.29) is 12.0 Å². The molecule has 9 nitrogen and oxygen atoms in total. The highest BCUT2D eigenvalue weighted by Gasteiger charge is 2.23.